The zero-order valence-electron chi connectivity index (χ0n) is 7.61. The van der Waals surface area contributed by atoms with Crippen molar-refractivity contribution in [2.24, 2.45) is 5.41 Å². The van der Waals surface area contributed by atoms with E-state index in [0.717, 1.165) is 0 Å². The summed E-state index contributed by atoms with van der Waals surface area (Å²) in [5.41, 5.74) is -1.06. The van der Waals surface area contributed by atoms with Crippen LogP contribution in [0.25, 0.3) is 0 Å². The van der Waals surface area contributed by atoms with Crippen molar-refractivity contribution in [3.05, 3.63) is 0 Å². The number of aliphatic carboxylic acids is 1. The second kappa shape index (κ2) is 3.98. The highest BCUT2D eigenvalue weighted by atomic mass is 19.4. The average molecular weight is 198 g/mol. The molecular weight excluding hydrogens is 185 g/mol. The lowest BCUT2D eigenvalue weighted by Crippen LogP contribution is -2.24. The van der Waals surface area contributed by atoms with Crippen molar-refractivity contribution >= 4 is 5.97 Å². The average Bonchev–Trinajstić information content (AvgIpc) is 1.82. The molecule has 0 bridgehead atoms. The molecule has 13 heavy (non-hydrogen) atoms. The molecule has 0 atom stereocenters. The van der Waals surface area contributed by atoms with Crippen molar-refractivity contribution in [1.29, 1.82) is 0 Å². The third-order valence-electron chi connectivity index (χ3n) is 1.84. The normalized spacial score (nSPS) is 13.0. The Bertz CT molecular complexity index is 184. The Kier molecular flexibility index (Phi) is 3.75. The Hall–Kier alpha value is -0.740. The maximum Gasteiger partial charge on any atom is 0.389 e. The highest BCUT2D eigenvalue weighted by Gasteiger charge is 2.31. The lowest BCUT2D eigenvalue weighted by Gasteiger charge is -2.18. The molecule has 0 rings (SSSR count). The third-order valence-corrected chi connectivity index (χ3v) is 1.84. The summed E-state index contributed by atoms with van der Waals surface area (Å²) in [5.74, 6) is -1.06. The number of halogens is 3. The number of carboxylic acids is 1. The van der Waals surface area contributed by atoms with Gasteiger partial charge in [-0.2, -0.15) is 13.2 Å². The van der Waals surface area contributed by atoms with Crippen LogP contribution in [-0.4, -0.2) is 17.3 Å². The van der Waals surface area contributed by atoms with Crippen LogP contribution in [0, 0.1) is 5.41 Å². The van der Waals surface area contributed by atoms with Gasteiger partial charge in [0.25, 0.3) is 0 Å². The minimum atomic E-state index is -4.19. The van der Waals surface area contributed by atoms with E-state index in [1.54, 1.807) is 0 Å². The predicted molar refractivity (Wildman–Crippen MR) is 41.3 cm³/mol. The van der Waals surface area contributed by atoms with Gasteiger partial charge in [0.1, 0.15) is 0 Å². The Morgan fingerprint density at radius 3 is 2.00 bits per heavy atom. The van der Waals surface area contributed by atoms with E-state index in [9.17, 15) is 18.0 Å². The summed E-state index contributed by atoms with van der Waals surface area (Å²) in [7, 11) is 0. The summed E-state index contributed by atoms with van der Waals surface area (Å²) >= 11 is 0. The Morgan fingerprint density at radius 1 is 1.23 bits per heavy atom. The van der Waals surface area contributed by atoms with Crippen molar-refractivity contribution in [2.75, 3.05) is 0 Å². The quantitative estimate of drug-likeness (QED) is 0.754. The molecule has 1 N–H and O–H groups in total. The minimum Gasteiger partial charge on any atom is -0.481 e. The van der Waals surface area contributed by atoms with E-state index >= 15 is 0 Å². The number of alkyl halides is 3. The van der Waals surface area contributed by atoms with Gasteiger partial charge in [0.05, 0.1) is 5.41 Å². The Labute approximate surface area is 74.7 Å². The van der Waals surface area contributed by atoms with Gasteiger partial charge in [-0.3, -0.25) is 4.79 Å². The van der Waals surface area contributed by atoms with Crippen LogP contribution in [0.15, 0.2) is 0 Å². The van der Waals surface area contributed by atoms with Gasteiger partial charge in [-0.25, -0.2) is 0 Å². The van der Waals surface area contributed by atoms with Gasteiger partial charge in [0, 0.05) is 6.42 Å². The molecule has 0 aliphatic heterocycles. The van der Waals surface area contributed by atoms with E-state index in [4.69, 9.17) is 5.11 Å². The molecular formula is C8H13F3O2. The molecule has 0 unspecified atom stereocenters. The molecule has 0 aromatic heterocycles. The second-order valence-corrected chi connectivity index (χ2v) is 3.66. The van der Waals surface area contributed by atoms with Gasteiger partial charge in [-0.05, 0) is 26.7 Å². The smallest absolute Gasteiger partial charge is 0.389 e. The first kappa shape index (κ1) is 12.3. The molecule has 0 amide bonds. The van der Waals surface area contributed by atoms with Gasteiger partial charge in [-0.15, -0.1) is 0 Å². The fourth-order valence-corrected chi connectivity index (χ4v) is 0.838. The molecule has 0 aromatic rings. The molecule has 5 heteroatoms. The molecule has 0 aromatic carbocycles. The topological polar surface area (TPSA) is 37.3 Å². The van der Waals surface area contributed by atoms with Gasteiger partial charge >= 0.3 is 12.1 Å². The summed E-state index contributed by atoms with van der Waals surface area (Å²) in [4.78, 5) is 10.5. The molecule has 2 nitrogen and oxygen atoms in total. The van der Waals surface area contributed by atoms with Crippen LogP contribution in [0.1, 0.15) is 33.1 Å². The van der Waals surface area contributed by atoms with Crippen molar-refractivity contribution in [3.63, 3.8) is 0 Å². The maximum absolute atomic E-state index is 11.7. The first-order valence-electron chi connectivity index (χ1n) is 3.95. The monoisotopic (exact) mass is 198 g/mol. The first-order valence-corrected chi connectivity index (χ1v) is 3.95. The summed E-state index contributed by atoms with van der Waals surface area (Å²) in [6.07, 6.45) is -5.19. The van der Waals surface area contributed by atoms with Crippen LogP contribution in [0.5, 0.6) is 0 Å². The van der Waals surface area contributed by atoms with Crippen LogP contribution in [0.2, 0.25) is 0 Å². The number of carbonyl (C=O) groups is 1. The zero-order valence-corrected chi connectivity index (χ0v) is 7.61. The number of hydrogen-bond donors (Lipinski definition) is 1. The molecule has 0 aliphatic rings. The minimum absolute atomic E-state index is 0.0435. The lowest BCUT2D eigenvalue weighted by atomic mass is 9.87. The fraction of sp³-hybridized carbons (Fsp3) is 0.875. The zero-order chi connectivity index (χ0) is 10.7. The summed E-state index contributed by atoms with van der Waals surface area (Å²) < 4.78 is 35.1. The second-order valence-electron chi connectivity index (χ2n) is 3.66. The van der Waals surface area contributed by atoms with Crippen LogP contribution in [0.3, 0.4) is 0 Å². The van der Waals surface area contributed by atoms with Crippen molar-refractivity contribution in [3.8, 4) is 0 Å². The molecule has 78 valence electrons. The number of hydrogen-bond acceptors (Lipinski definition) is 1. The maximum atomic E-state index is 11.7. The lowest BCUT2D eigenvalue weighted by molar-refractivity contribution is -0.150. The van der Waals surface area contributed by atoms with Gasteiger partial charge in [0.2, 0.25) is 0 Å². The molecule has 0 fully saturated rings. The molecule has 0 radical (unpaired) electrons. The summed E-state index contributed by atoms with van der Waals surface area (Å²) in [6.45, 7) is 2.84. The third kappa shape index (κ3) is 5.49. The van der Waals surface area contributed by atoms with E-state index in [1.165, 1.54) is 13.8 Å². The van der Waals surface area contributed by atoms with E-state index in [1.807, 2.05) is 0 Å². The summed E-state index contributed by atoms with van der Waals surface area (Å²) in [6, 6.07) is 0. The van der Waals surface area contributed by atoms with E-state index in [-0.39, 0.29) is 12.8 Å². The summed E-state index contributed by atoms with van der Waals surface area (Å²) in [5, 5.41) is 8.59. The highest BCUT2D eigenvalue weighted by molar-refractivity contribution is 5.73. The number of carboxylic acid groups (broad SMARTS) is 1. The van der Waals surface area contributed by atoms with Crippen LogP contribution in [-0.2, 0) is 4.79 Å². The molecule has 0 heterocycles. The van der Waals surface area contributed by atoms with Gasteiger partial charge < -0.3 is 5.11 Å². The molecule has 0 spiro atoms. The number of rotatable bonds is 4. The molecule has 0 saturated heterocycles. The van der Waals surface area contributed by atoms with Crippen LogP contribution < -0.4 is 0 Å². The SMILES string of the molecule is CC(C)(CCCC(F)(F)F)C(=O)O. The Balaban J connectivity index is 3.84. The van der Waals surface area contributed by atoms with E-state index in [2.05, 4.69) is 0 Å². The van der Waals surface area contributed by atoms with Gasteiger partial charge in [0.15, 0.2) is 0 Å². The first-order chi connectivity index (χ1) is 5.65. The van der Waals surface area contributed by atoms with Crippen LogP contribution in [0.4, 0.5) is 13.2 Å². The largest absolute Gasteiger partial charge is 0.481 e. The molecule has 0 saturated carbocycles. The Morgan fingerprint density at radius 2 is 1.69 bits per heavy atom. The van der Waals surface area contributed by atoms with Gasteiger partial charge in [-0.1, -0.05) is 0 Å². The van der Waals surface area contributed by atoms with E-state index in [0.29, 0.717) is 0 Å². The predicted octanol–water partition coefficient (Wildman–Crippen LogP) is 2.83. The van der Waals surface area contributed by atoms with Crippen molar-refractivity contribution < 1.29 is 23.1 Å². The standard InChI is InChI=1S/C8H13F3O2/c1-7(2,6(12)13)4-3-5-8(9,10)11/h3-5H2,1-2H3,(H,12,13). The van der Waals surface area contributed by atoms with Crippen molar-refractivity contribution in [1.82, 2.24) is 0 Å². The molecule has 0 aliphatic carbocycles. The highest BCUT2D eigenvalue weighted by Crippen LogP contribution is 2.28. The van der Waals surface area contributed by atoms with Crippen molar-refractivity contribution in [2.45, 2.75) is 39.3 Å². The van der Waals surface area contributed by atoms with Crippen LogP contribution >= 0.6 is 0 Å². The fourth-order valence-electron chi connectivity index (χ4n) is 0.838. The van der Waals surface area contributed by atoms with E-state index < -0.39 is 24.0 Å².